The van der Waals surface area contributed by atoms with Gasteiger partial charge in [-0.1, -0.05) is 6.07 Å². The standard InChI is InChI=1S/C13H19NO3/c1-9-5-10(2)7-11(6-9)14-8-12(15)3-4-13(16)17/h5-7,12,14-15H,3-4,8H2,1-2H3,(H,16,17). The molecule has 0 bridgehead atoms. The Labute approximate surface area is 101 Å². The quantitative estimate of drug-likeness (QED) is 0.707. The van der Waals surface area contributed by atoms with Crippen molar-refractivity contribution in [3.05, 3.63) is 29.3 Å². The number of anilines is 1. The van der Waals surface area contributed by atoms with Gasteiger partial charge in [-0.25, -0.2) is 0 Å². The Hall–Kier alpha value is -1.55. The summed E-state index contributed by atoms with van der Waals surface area (Å²) in [5.74, 6) is -0.879. The number of aliphatic carboxylic acids is 1. The molecule has 0 aromatic heterocycles. The number of hydrogen-bond donors (Lipinski definition) is 3. The molecule has 94 valence electrons. The second kappa shape index (κ2) is 6.25. The SMILES string of the molecule is Cc1cc(C)cc(NCC(O)CCC(=O)O)c1. The Bertz CT molecular complexity index is 370. The molecule has 1 atom stereocenters. The summed E-state index contributed by atoms with van der Waals surface area (Å²) in [6, 6.07) is 6.07. The van der Waals surface area contributed by atoms with Gasteiger partial charge in [0, 0.05) is 18.7 Å². The molecule has 0 aliphatic heterocycles. The van der Waals surface area contributed by atoms with Crippen molar-refractivity contribution in [2.75, 3.05) is 11.9 Å². The van der Waals surface area contributed by atoms with E-state index in [0.717, 1.165) is 16.8 Å². The van der Waals surface area contributed by atoms with Crippen molar-refractivity contribution in [3.8, 4) is 0 Å². The van der Waals surface area contributed by atoms with E-state index in [9.17, 15) is 9.90 Å². The number of carboxylic acids is 1. The lowest BCUT2D eigenvalue weighted by Gasteiger charge is -2.12. The lowest BCUT2D eigenvalue weighted by atomic mass is 10.1. The first-order valence-electron chi connectivity index (χ1n) is 5.69. The molecule has 17 heavy (non-hydrogen) atoms. The van der Waals surface area contributed by atoms with Gasteiger partial charge in [0.05, 0.1) is 6.10 Å². The Morgan fingerprint density at radius 3 is 2.41 bits per heavy atom. The first-order valence-corrected chi connectivity index (χ1v) is 5.69. The van der Waals surface area contributed by atoms with Crippen LogP contribution in [0.25, 0.3) is 0 Å². The minimum absolute atomic E-state index is 0.00427. The van der Waals surface area contributed by atoms with Gasteiger partial charge < -0.3 is 15.5 Å². The molecule has 4 nitrogen and oxygen atoms in total. The summed E-state index contributed by atoms with van der Waals surface area (Å²) in [7, 11) is 0. The number of rotatable bonds is 6. The molecule has 4 heteroatoms. The van der Waals surface area contributed by atoms with Gasteiger partial charge in [0.1, 0.15) is 0 Å². The molecule has 0 radical (unpaired) electrons. The molecule has 0 aliphatic carbocycles. The van der Waals surface area contributed by atoms with Gasteiger partial charge in [0.25, 0.3) is 0 Å². The first kappa shape index (κ1) is 13.5. The van der Waals surface area contributed by atoms with E-state index in [1.807, 2.05) is 26.0 Å². The highest BCUT2D eigenvalue weighted by Crippen LogP contribution is 2.13. The summed E-state index contributed by atoms with van der Waals surface area (Å²) in [6.07, 6.45) is -0.366. The van der Waals surface area contributed by atoms with E-state index in [0.29, 0.717) is 6.54 Å². The number of nitrogens with one attached hydrogen (secondary N) is 1. The Morgan fingerprint density at radius 1 is 1.29 bits per heavy atom. The summed E-state index contributed by atoms with van der Waals surface area (Å²) in [6.45, 7) is 4.40. The largest absolute Gasteiger partial charge is 0.481 e. The highest BCUT2D eigenvalue weighted by molar-refractivity contribution is 5.66. The number of aliphatic hydroxyl groups excluding tert-OH is 1. The highest BCUT2D eigenvalue weighted by Gasteiger charge is 2.07. The molecular formula is C13H19NO3. The van der Waals surface area contributed by atoms with Crippen molar-refractivity contribution in [1.82, 2.24) is 0 Å². The molecule has 0 fully saturated rings. The van der Waals surface area contributed by atoms with Gasteiger partial charge in [0.2, 0.25) is 0 Å². The summed E-state index contributed by atoms with van der Waals surface area (Å²) in [5, 5.41) is 21.2. The topological polar surface area (TPSA) is 69.6 Å². The van der Waals surface area contributed by atoms with Crippen LogP contribution in [0.15, 0.2) is 18.2 Å². The Balaban J connectivity index is 2.41. The molecule has 0 saturated carbocycles. The molecular weight excluding hydrogens is 218 g/mol. The minimum atomic E-state index is -0.879. The lowest BCUT2D eigenvalue weighted by molar-refractivity contribution is -0.137. The Morgan fingerprint density at radius 2 is 1.88 bits per heavy atom. The molecule has 1 rings (SSSR count). The molecule has 0 heterocycles. The second-order valence-corrected chi connectivity index (χ2v) is 4.34. The molecule has 1 unspecified atom stereocenters. The summed E-state index contributed by atoms with van der Waals surface area (Å²) in [4.78, 5) is 10.3. The average molecular weight is 237 g/mol. The van der Waals surface area contributed by atoms with E-state index in [2.05, 4.69) is 11.4 Å². The molecule has 0 saturated heterocycles. The third-order valence-corrected chi connectivity index (χ3v) is 2.45. The number of aryl methyl sites for hydroxylation is 2. The van der Waals surface area contributed by atoms with Crippen molar-refractivity contribution in [3.63, 3.8) is 0 Å². The van der Waals surface area contributed by atoms with Gasteiger partial charge in [-0.3, -0.25) is 4.79 Å². The van der Waals surface area contributed by atoms with Gasteiger partial charge in [-0.15, -0.1) is 0 Å². The average Bonchev–Trinajstić information content (AvgIpc) is 2.22. The van der Waals surface area contributed by atoms with Crippen LogP contribution >= 0.6 is 0 Å². The zero-order chi connectivity index (χ0) is 12.8. The fraction of sp³-hybridized carbons (Fsp3) is 0.462. The van der Waals surface area contributed by atoms with Gasteiger partial charge in [-0.05, 0) is 43.5 Å². The first-order chi connectivity index (χ1) is 7.97. The third kappa shape index (κ3) is 5.36. The molecule has 1 aromatic rings. The minimum Gasteiger partial charge on any atom is -0.481 e. The maximum Gasteiger partial charge on any atom is 0.303 e. The maximum absolute atomic E-state index is 10.3. The zero-order valence-corrected chi connectivity index (χ0v) is 10.2. The van der Waals surface area contributed by atoms with E-state index in [-0.39, 0.29) is 12.8 Å². The van der Waals surface area contributed by atoms with E-state index < -0.39 is 12.1 Å². The number of aliphatic hydroxyl groups is 1. The van der Waals surface area contributed by atoms with E-state index in [4.69, 9.17) is 5.11 Å². The maximum atomic E-state index is 10.3. The zero-order valence-electron chi connectivity index (χ0n) is 10.2. The van der Waals surface area contributed by atoms with E-state index >= 15 is 0 Å². The van der Waals surface area contributed by atoms with Crippen LogP contribution < -0.4 is 5.32 Å². The summed E-state index contributed by atoms with van der Waals surface area (Å²) in [5.41, 5.74) is 3.27. The van der Waals surface area contributed by atoms with Crippen molar-refractivity contribution in [2.24, 2.45) is 0 Å². The molecule has 3 N–H and O–H groups in total. The molecule has 0 amide bonds. The molecule has 1 aromatic carbocycles. The fourth-order valence-corrected chi connectivity index (χ4v) is 1.70. The van der Waals surface area contributed by atoms with Crippen LogP contribution in [0.3, 0.4) is 0 Å². The second-order valence-electron chi connectivity index (χ2n) is 4.34. The third-order valence-electron chi connectivity index (χ3n) is 2.45. The predicted molar refractivity (Wildman–Crippen MR) is 67.3 cm³/mol. The monoisotopic (exact) mass is 237 g/mol. The van der Waals surface area contributed by atoms with Crippen molar-refractivity contribution in [2.45, 2.75) is 32.8 Å². The van der Waals surface area contributed by atoms with Crippen LogP contribution in [0.2, 0.25) is 0 Å². The fourth-order valence-electron chi connectivity index (χ4n) is 1.70. The van der Waals surface area contributed by atoms with Crippen molar-refractivity contribution >= 4 is 11.7 Å². The predicted octanol–water partition coefficient (Wildman–Crippen LogP) is 1.94. The van der Waals surface area contributed by atoms with Gasteiger partial charge >= 0.3 is 5.97 Å². The van der Waals surface area contributed by atoms with Crippen LogP contribution in [-0.4, -0.2) is 28.8 Å². The number of carboxylic acid groups (broad SMARTS) is 1. The van der Waals surface area contributed by atoms with Crippen LogP contribution in [0.1, 0.15) is 24.0 Å². The van der Waals surface area contributed by atoms with Gasteiger partial charge in [-0.2, -0.15) is 0 Å². The Kier molecular flexibility index (Phi) is 4.97. The lowest BCUT2D eigenvalue weighted by Crippen LogP contribution is -2.20. The van der Waals surface area contributed by atoms with Crippen molar-refractivity contribution < 1.29 is 15.0 Å². The summed E-state index contributed by atoms with van der Waals surface area (Å²) < 4.78 is 0. The normalized spacial score (nSPS) is 12.2. The number of hydrogen-bond acceptors (Lipinski definition) is 3. The highest BCUT2D eigenvalue weighted by atomic mass is 16.4. The number of carbonyl (C=O) groups is 1. The molecule has 0 spiro atoms. The van der Waals surface area contributed by atoms with Crippen LogP contribution in [0.4, 0.5) is 5.69 Å². The van der Waals surface area contributed by atoms with Crippen LogP contribution in [-0.2, 0) is 4.79 Å². The number of benzene rings is 1. The van der Waals surface area contributed by atoms with Crippen molar-refractivity contribution in [1.29, 1.82) is 0 Å². The smallest absolute Gasteiger partial charge is 0.303 e. The van der Waals surface area contributed by atoms with Gasteiger partial charge in [0.15, 0.2) is 0 Å². The molecule has 0 aliphatic rings. The van der Waals surface area contributed by atoms with E-state index in [1.54, 1.807) is 0 Å². The van der Waals surface area contributed by atoms with E-state index in [1.165, 1.54) is 0 Å². The van der Waals surface area contributed by atoms with Crippen LogP contribution in [0, 0.1) is 13.8 Å². The summed E-state index contributed by atoms with van der Waals surface area (Å²) >= 11 is 0. The van der Waals surface area contributed by atoms with Crippen LogP contribution in [0.5, 0.6) is 0 Å².